The highest BCUT2D eigenvalue weighted by atomic mass is 16.3. The topological polar surface area (TPSA) is 69.6 Å². The predicted molar refractivity (Wildman–Crippen MR) is 165 cm³/mol. The van der Waals surface area contributed by atoms with Crippen molar-refractivity contribution in [2.45, 2.75) is 142 Å². The van der Waals surface area contributed by atoms with Crippen LogP contribution in [0.25, 0.3) is 0 Å². The van der Waals surface area contributed by atoms with Crippen LogP contribution in [-0.4, -0.2) is 34.9 Å². The molecule has 0 aliphatic rings. The summed E-state index contributed by atoms with van der Waals surface area (Å²) in [7, 11) is 0. The molecular formula is C34H59NO3. The highest BCUT2D eigenvalue weighted by molar-refractivity contribution is 5.76. The van der Waals surface area contributed by atoms with Gasteiger partial charge in [0.2, 0.25) is 5.91 Å². The molecule has 0 aromatic carbocycles. The number of carbonyl (C=O) groups excluding carboxylic acids is 1. The standard InChI is InChI=1S/C34H59NO3/c1-3-5-7-9-11-12-13-14-15-16-17-18-19-20-21-22-24-26-28-30-34(38)35-32(31-36)33(37)29-27-25-23-10-8-6-4-2/h8,10-12,14-15,17-18,27,29,32-33,36-37H,3-7,9,13,16,19-26,28,30-31H2,1-2H3,(H,35,38)/b10-8+,12-11-,15-14-,18-17-,29-27+. The zero-order valence-corrected chi connectivity index (χ0v) is 24.7. The lowest BCUT2D eigenvalue weighted by Crippen LogP contribution is -2.45. The number of carbonyl (C=O) groups is 1. The molecule has 1 amide bonds. The van der Waals surface area contributed by atoms with Crippen LogP contribution in [0.15, 0.2) is 60.8 Å². The highest BCUT2D eigenvalue weighted by Crippen LogP contribution is 2.10. The molecule has 4 nitrogen and oxygen atoms in total. The van der Waals surface area contributed by atoms with Crippen LogP contribution in [0.4, 0.5) is 0 Å². The molecule has 2 atom stereocenters. The van der Waals surface area contributed by atoms with Crippen molar-refractivity contribution in [1.29, 1.82) is 0 Å². The Bertz CT molecular complexity index is 663. The van der Waals surface area contributed by atoms with Crippen LogP contribution in [0.2, 0.25) is 0 Å². The quantitative estimate of drug-likeness (QED) is 0.0775. The van der Waals surface area contributed by atoms with Crippen molar-refractivity contribution in [2.75, 3.05) is 6.61 Å². The predicted octanol–water partition coefficient (Wildman–Crippen LogP) is 8.67. The maximum absolute atomic E-state index is 12.2. The molecule has 38 heavy (non-hydrogen) atoms. The summed E-state index contributed by atoms with van der Waals surface area (Å²) in [6, 6.07) is -0.643. The number of aliphatic hydroxyl groups is 2. The Morgan fingerprint density at radius 2 is 1.16 bits per heavy atom. The van der Waals surface area contributed by atoms with Crippen molar-refractivity contribution in [1.82, 2.24) is 5.32 Å². The maximum atomic E-state index is 12.2. The molecule has 0 saturated heterocycles. The Morgan fingerprint density at radius 1 is 0.632 bits per heavy atom. The lowest BCUT2D eigenvalue weighted by molar-refractivity contribution is -0.123. The zero-order chi connectivity index (χ0) is 27.9. The van der Waals surface area contributed by atoms with Gasteiger partial charge < -0.3 is 15.5 Å². The molecular weight excluding hydrogens is 470 g/mol. The third kappa shape index (κ3) is 25.7. The number of nitrogens with one attached hydrogen (secondary N) is 1. The Hall–Kier alpha value is -1.91. The van der Waals surface area contributed by atoms with Crippen molar-refractivity contribution in [3.63, 3.8) is 0 Å². The Kier molecular flexibility index (Phi) is 28.2. The van der Waals surface area contributed by atoms with Gasteiger partial charge in [-0.25, -0.2) is 0 Å². The van der Waals surface area contributed by atoms with Gasteiger partial charge in [0.1, 0.15) is 0 Å². The van der Waals surface area contributed by atoms with Gasteiger partial charge in [0.25, 0.3) is 0 Å². The SMILES string of the molecule is CCC/C=C/CC/C=C/C(O)C(CO)NC(=O)CCCCCCCC/C=C\C/C=C\C/C=C\CCCCC. The molecule has 3 N–H and O–H groups in total. The van der Waals surface area contributed by atoms with Crippen molar-refractivity contribution in [3.8, 4) is 0 Å². The van der Waals surface area contributed by atoms with Crippen LogP contribution < -0.4 is 5.32 Å². The summed E-state index contributed by atoms with van der Waals surface area (Å²) in [5.41, 5.74) is 0. The first-order chi connectivity index (χ1) is 18.7. The lowest BCUT2D eigenvalue weighted by atomic mass is 10.1. The van der Waals surface area contributed by atoms with Gasteiger partial charge in [-0.2, -0.15) is 0 Å². The number of aliphatic hydroxyl groups excluding tert-OH is 2. The smallest absolute Gasteiger partial charge is 0.220 e. The number of amides is 1. The van der Waals surface area contributed by atoms with Crippen molar-refractivity contribution >= 4 is 5.91 Å². The number of unbranched alkanes of at least 4 members (excludes halogenated alkanes) is 11. The summed E-state index contributed by atoms with van der Waals surface area (Å²) in [5.74, 6) is -0.0961. The third-order valence-electron chi connectivity index (χ3n) is 6.45. The third-order valence-corrected chi connectivity index (χ3v) is 6.45. The second-order valence-electron chi connectivity index (χ2n) is 10.2. The van der Waals surface area contributed by atoms with Crippen LogP contribution in [0.1, 0.15) is 129 Å². The first-order valence-corrected chi connectivity index (χ1v) is 15.5. The lowest BCUT2D eigenvalue weighted by Gasteiger charge is -2.19. The average molecular weight is 530 g/mol. The van der Waals surface area contributed by atoms with Gasteiger partial charge in [-0.1, -0.05) is 120 Å². The average Bonchev–Trinajstić information content (AvgIpc) is 2.92. The largest absolute Gasteiger partial charge is 0.394 e. The van der Waals surface area contributed by atoms with E-state index in [1.807, 2.05) is 6.08 Å². The molecule has 0 saturated carbocycles. The van der Waals surface area contributed by atoms with Gasteiger partial charge in [-0.15, -0.1) is 0 Å². The number of hydrogen-bond acceptors (Lipinski definition) is 3. The van der Waals surface area contributed by atoms with E-state index in [0.29, 0.717) is 6.42 Å². The van der Waals surface area contributed by atoms with Crippen LogP contribution in [0.3, 0.4) is 0 Å². The van der Waals surface area contributed by atoms with Crippen LogP contribution in [0.5, 0.6) is 0 Å². The Morgan fingerprint density at radius 3 is 1.79 bits per heavy atom. The molecule has 0 spiro atoms. The molecule has 0 aromatic rings. The van der Waals surface area contributed by atoms with E-state index in [1.165, 1.54) is 44.9 Å². The van der Waals surface area contributed by atoms with E-state index in [1.54, 1.807) is 6.08 Å². The summed E-state index contributed by atoms with van der Waals surface area (Å²) in [6.07, 6.45) is 40.2. The molecule has 0 aliphatic carbocycles. The summed E-state index contributed by atoms with van der Waals surface area (Å²) in [6.45, 7) is 4.13. The van der Waals surface area contributed by atoms with Gasteiger partial charge in [-0.05, 0) is 64.2 Å². The zero-order valence-electron chi connectivity index (χ0n) is 24.7. The first-order valence-electron chi connectivity index (χ1n) is 15.5. The number of hydrogen-bond donors (Lipinski definition) is 3. The van der Waals surface area contributed by atoms with E-state index >= 15 is 0 Å². The first kappa shape index (κ1) is 36.1. The van der Waals surface area contributed by atoms with Gasteiger partial charge in [0.15, 0.2) is 0 Å². The second-order valence-corrected chi connectivity index (χ2v) is 10.2. The fraction of sp³-hybridized carbons (Fsp3) is 0.676. The van der Waals surface area contributed by atoms with Gasteiger partial charge in [-0.3, -0.25) is 4.79 Å². The van der Waals surface area contributed by atoms with E-state index in [-0.39, 0.29) is 12.5 Å². The number of allylic oxidation sites excluding steroid dienone is 9. The monoisotopic (exact) mass is 529 g/mol. The fourth-order valence-electron chi connectivity index (χ4n) is 4.03. The van der Waals surface area contributed by atoms with Gasteiger partial charge in [0, 0.05) is 6.42 Å². The van der Waals surface area contributed by atoms with E-state index in [0.717, 1.165) is 64.2 Å². The summed E-state index contributed by atoms with van der Waals surface area (Å²) < 4.78 is 0. The summed E-state index contributed by atoms with van der Waals surface area (Å²) in [4.78, 5) is 12.2. The van der Waals surface area contributed by atoms with Crippen molar-refractivity contribution in [2.24, 2.45) is 0 Å². The molecule has 218 valence electrons. The number of rotatable bonds is 26. The summed E-state index contributed by atoms with van der Waals surface area (Å²) >= 11 is 0. The van der Waals surface area contributed by atoms with E-state index in [9.17, 15) is 15.0 Å². The normalized spacial score (nSPS) is 14.1. The minimum absolute atomic E-state index is 0.0961. The van der Waals surface area contributed by atoms with Crippen LogP contribution in [0, 0.1) is 0 Å². The molecule has 0 bridgehead atoms. The maximum Gasteiger partial charge on any atom is 0.220 e. The van der Waals surface area contributed by atoms with Crippen LogP contribution >= 0.6 is 0 Å². The van der Waals surface area contributed by atoms with Crippen molar-refractivity contribution in [3.05, 3.63) is 60.8 Å². The molecule has 0 aliphatic heterocycles. The molecule has 0 heterocycles. The molecule has 0 rings (SSSR count). The van der Waals surface area contributed by atoms with Crippen molar-refractivity contribution < 1.29 is 15.0 Å². The second kappa shape index (κ2) is 29.6. The minimum Gasteiger partial charge on any atom is -0.394 e. The van der Waals surface area contributed by atoms with E-state index in [4.69, 9.17) is 0 Å². The Balaban J connectivity index is 3.70. The molecule has 4 heteroatoms. The Labute approximate surface area is 235 Å². The van der Waals surface area contributed by atoms with Gasteiger partial charge >= 0.3 is 0 Å². The van der Waals surface area contributed by atoms with Gasteiger partial charge in [0.05, 0.1) is 18.8 Å². The molecule has 2 unspecified atom stereocenters. The molecule has 0 radical (unpaired) electrons. The fourth-order valence-corrected chi connectivity index (χ4v) is 4.03. The molecule has 0 fully saturated rings. The highest BCUT2D eigenvalue weighted by Gasteiger charge is 2.17. The minimum atomic E-state index is -0.865. The van der Waals surface area contributed by atoms with E-state index < -0.39 is 12.1 Å². The van der Waals surface area contributed by atoms with Crippen LogP contribution in [-0.2, 0) is 4.79 Å². The summed E-state index contributed by atoms with van der Waals surface area (Å²) in [5, 5.41) is 22.6. The van der Waals surface area contributed by atoms with E-state index in [2.05, 4.69) is 67.8 Å². The molecule has 0 aromatic heterocycles.